The van der Waals surface area contributed by atoms with Crippen molar-refractivity contribution in [2.45, 2.75) is 19.8 Å². The van der Waals surface area contributed by atoms with E-state index in [2.05, 4.69) is 11.4 Å². The van der Waals surface area contributed by atoms with Gasteiger partial charge in [-0.15, -0.1) is 0 Å². The van der Waals surface area contributed by atoms with Crippen molar-refractivity contribution in [3.05, 3.63) is 91.0 Å². The van der Waals surface area contributed by atoms with E-state index >= 15 is 0 Å². The number of amides is 1. The maximum absolute atomic E-state index is 12.3. The van der Waals surface area contributed by atoms with Crippen LogP contribution in [0.4, 0.5) is 0 Å². The van der Waals surface area contributed by atoms with Gasteiger partial charge in [0.2, 0.25) is 5.91 Å². The van der Waals surface area contributed by atoms with Gasteiger partial charge in [0.05, 0.1) is 5.29 Å². The summed E-state index contributed by atoms with van der Waals surface area (Å²) >= 11 is 5.65. The number of thiocarbonyl (C=S) groups is 1. The fourth-order valence-electron chi connectivity index (χ4n) is 3.54. The highest BCUT2D eigenvalue weighted by atomic mass is 32.1. The lowest BCUT2D eigenvalue weighted by Crippen LogP contribution is -2.39. The maximum Gasteiger partial charge on any atom is 0.225 e. The molecule has 3 aromatic rings. The van der Waals surface area contributed by atoms with E-state index < -0.39 is 6.89 Å². The maximum atomic E-state index is 12.3. The number of nitriles is 1. The third-order valence-electron chi connectivity index (χ3n) is 4.82. The van der Waals surface area contributed by atoms with Crippen molar-refractivity contribution in [1.29, 1.82) is 5.26 Å². The molecular formula is C25H23N2OPS. The van der Waals surface area contributed by atoms with Crippen LogP contribution < -0.4 is 21.2 Å². The Morgan fingerprint density at radius 1 is 0.867 bits per heavy atom. The van der Waals surface area contributed by atoms with Crippen molar-refractivity contribution in [1.82, 2.24) is 5.32 Å². The van der Waals surface area contributed by atoms with Gasteiger partial charge in [-0.05, 0) is 29.2 Å². The summed E-state index contributed by atoms with van der Waals surface area (Å²) < 4.78 is 0. The van der Waals surface area contributed by atoms with Gasteiger partial charge in [-0.2, -0.15) is 5.26 Å². The molecule has 0 unspecified atom stereocenters. The molecule has 0 saturated heterocycles. The van der Waals surface area contributed by atoms with E-state index in [1.807, 2.05) is 97.9 Å². The van der Waals surface area contributed by atoms with E-state index in [1.54, 1.807) is 0 Å². The molecule has 3 rings (SSSR count). The summed E-state index contributed by atoms with van der Waals surface area (Å²) in [5, 5.41) is 16.7. The summed E-state index contributed by atoms with van der Waals surface area (Å²) in [6, 6.07) is 32.4. The van der Waals surface area contributed by atoms with Crippen LogP contribution in [0, 0.1) is 11.3 Å². The van der Waals surface area contributed by atoms with E-state index in [4.69, 9.17) is 12.2 Å². The zero-order valence-electron chi connectivity index (χ0n) is 16.8. The number of rotatable bonds is 6. The largest absolute Gasteiger partial charge is 0.316 e. The van der Waals surface area contributed by atoms with Gasteiger partial charge in [0.15, 0.2) is 0 Å². The first kappa shape index (κ1) is 21.7. The standard InChI is InChI=1S/C25H23N2OPS/c1-2-12-24(28)27-25(30)23(19-26)29(20-13-6-3-7-14-20,21-15-8-4-9-16-21)22-17-10-5-11-18-22/h3-11,13-18H,2,12H2,1H3,(H,27,28,30). The molecule has 0 fully saturated rings. The molecule has 150 valence electrons. The van der Waals surface area contributed by atoms with E-state index in [0.29, 0.717) is 18.1 Å². The fourth-order valence-corrected chi connectivity index (χ4v) is 8.15. The van der Waals surface area contributed by atoms with Gasteiger partial charge in [0.25, 0.3) is 0 Å². The molecule has 3 nitrogen and oxygen atoms in total. The normalized spacial score (nSPS) is 10.7. The molecular weight excluding hydrogens is 407 g/mol. The van der Waals surface area contributed by atoms with Gasteiger partial charge < -0.3 is 5.32 Å². The van der Waals surface area contributed by atoms with Crippen LogP contribution in [0.5, 0.6) is 0 Å². The van der Waals surface area contributed by atoms with E-state index in [1.165, 1.54) is 0 Å². The van der Waals surface area contributed by atoms with E-state index in [0.717, 1.165) is 15.9 Å². The van der Waals surface area contributed by atoms with Crippen LogP contribution in [0.15, 0.2) is 91.0 Å². The van der Waals surface area contributed by atoms with Crippen molar-refractivity contribution in [2.24, 2.45) is 0 Å². The molecule has 1 amide bonds. The van der Waals surface area contributed by atoms with Crippen LogP contribution in [0.25, 0.3) is 0 Å². The lowest BCUT2D eigenvalue weighted by molar-refractivity contribution is -0.119. The number of hydrogen-bond acceptors (Lipinski definition) is 3. The molecule has 1 N–H and O–H groups in total. The van der Waals surface area contributed by atoms with Crippen LogP contribution in [0.2, 0.25) is 0 Å². The molecule has 0 aliphatic rings. The average molecular weight is 431 g/mol. The highest BCUT2D eigenvalue weighted by molar-refractivity contribution is 7.99. The van der Waals surface area contributed by atoms with Gasteiger partial charge in [-0.25, -0.2) is 0 Å². The topological polar surface area (TPSA) is 52.9 Å². The van der Waals surface area contributed by atoms with Crippen LogP contribution in [0.1, 0.15) is 19.8 Å². The quantitative estimate of drug-likeness (QED) is 0.476. The van der Waals surface area contributed by atoms with Crippen LogP contribution >= 0.6 is 19.1 Å². The Hall–Kier alpha value is -2.99. The molecule has 0 bridgehead atoms. The van der Waals surface area contributed by atoms with Gasteiger partial charge >= 0.3 is 0 Å². The van der Waals surface area contributed by atoms with Gasteiger partial charge in [-0.1, -0.05) is 110 Å². The number of carbonyl (C=O) groups excluding carboxylic acids is 1. The minimum atomic E-state index is -2.60. The van der Waals surface area contributed by atoms with E-state index in [9.17, 15) is 10.1 Å². The Labute approximate surface area is 183 Å². The lowest BCUT2D eigenvalue weighted by atomic mass is 10.3. The average Bonchev–Trinajstić information content (AvgIpc) is 2.79. The predicted molar refractivity (Wildman–Crippen MR) is 131 cm³/mol. The smallest absolute Gasteiger partial charge is 0.225 e. The Morgan fingerprint density at radius 3 is 1.60 bits per heavy atom. The molecule has 0 aliphatic heterocycles. The van der Waals surface area contributed by atoms with Gasteiger partial charge in [0, 0.05) is 6.42 Å². The summed E-state index contributed by atoms with van der Waals surface area (Å²) in [7, 11) is 0. The Kier molecular flexibility index (Phi) is 7.36. The fraction of sp³-hybridized carbons (Fsp3) is 0.120. The summed E-state index contributed by atoms with van der Waals surface area (Å²) in [5.74, 6) is -0.164. The Balaban J connectivity index is 2.44. The monoisotopic (exact) mass is 430 g/mol. The van der Waals surface area contributed by atoms with Crippen molar-refractivity contribution < 1.29 is 4.79 Å². The second kappa shape index (κ2) is 10.2. The number of nitrogens with one attached hydrogen (secondary N) is 1. The summed E-state index contributed by atoms with van der Waals surface area (Å²) in [4.78, 5) is 12.5. The first-order valence-electron chi connectivity index (χ1n) is 9.82. The van der Waals surface area contributed by atoms with Crippen molar-refractivity contribution in [2.75, 3.05) is 0 Å². The molecule has 5 heteroatoms. The molecule has 0 aliphatic carbocycles. The molecule has 0 aromatic heterocycles. The molecule has 0 spiro atoms. The molecule has 0 saturated carbocycles. The van der Waals surface area contributed by atoms with Crippen LogP contribution in [0.3, 0.4) is 0 Å². The highest BCUT2D eigenvalue weighted by Gasteiger charge is 2.32. The molecule has 30 heavy (non-hydrogen) atoms. The summed E-state index contributed by atoms with van der Waals surface area (Å²) in [6.07, 6.45) is 1.08. The minimum Gasteiger partial charge on any atom is -0.316 e. The first-order chi connectivity index (χ1) is 14.6. The highest BCUT2D eigenvalue weighted by Crippen LogP contribution is 2.46. The number of hydrogen-bond donors (Lipinski definition) is 1. The number of nitrogens with zero attached hydrogens (tertiary/aromatic N) is 1. The molecule has 0 heterocycles. The van der Waals surface area contributed by atoms with Crippen LogP contribution in [-0.4, -0.2) is 16.2 Å². The summed E-state index contributed by atoms with van der Waals surface area (Å²) in [6.45, 7) is -0.658. The minimum absolute atomic E-state index is 0.164. The molecule has 3 aromatic carbocycles. The lowest BCUT2D eigenvalue weighted by Gasteiger charge is -2.30. The van der Waals surface area contributed by atoms with Gasteiger partial charge in [0.1, 0.15) is 11.1 Å². The van der Waals surface area contributed by atoms with Crippen molar-refractivity contribution in [3.8, 4) is 6.07 Å². The Morgan fingerprint density at radius 2 is 1.27 bits per heavy atom. The van der Waals surface area contributed by atoms with Crippen LogP contribution in [-0.2, 0) is 4.79 Å². The SMILES string of the molecule is CCCC(=O)NC(=S)C(C#N)=P(c1ccccc1)(c1ccccc1)c1ccccc1. The molecule has 0 radical (unpaired) electrons. The second-order valence-corrected chi connectivity index (χ2v) is 10.5. The van der Waals surface area contributed by atoms with E-state index in [-0.39, 0.29) is 10.9 Å². The third kappa shape index (κ3) is 4.28. The predicted octanol–water partition coefficient (Wildman–Crippen LogP) is 3.92. The van der Waals surface area contributed by atoms with Crippen molar-refractivity contribution in [3.63, 3.8) is 0 Å². The van der Waals surface area contributed by atoms with Crippen molar-refractivity contribution >= 4 is 51.2 Å². The zero-order valence-corrected chi connectivity index (χ0v) is 18.5. The number of carbonyl (C=O) groups is 1. The third-order valence-corrected chi connectivity index (χ3v) is 9.49. The Bertz CT molecular complexity index is 1020. The summed E-state index contributed by atoms with van der Waals surface area (Å²) in [5.41, 5.74) is 0. The second-order valence-electron chi connectivity index (χ2n) is 6.77. The first-order valence-corrected chi connectivity index (χ1v) is 12.0. The van der Waals surface area contributed by atoms with Gasteiger partial charge in [-0.3, -0.25) is 4.79 Å². The zero-order chi connectivity index (χ0) is 21.4. The number of benzene rings is 3. The molecule has 0 atom stereocenters.